The van der Waals surface area contributed by atoms with E-state index in [-0.39, 0.29) is 0 Å². The van der Waals surface area contributed by atoms with E-state index in [4.69, 9.17) is 9.47 Å². The van der Waals surface area contributed by atoms with Crippen LogP contribution >= 0.6 is 0 Å². The van der Waals surface area contributed by atoms with Crippen molar-refractivity contribution in [2.24, 2.45) is 5.92 Å². The van der Waals surface area contributed by atoms with Gasteiger partial charge in [-0.05, 0) is 71.6 Å². The topological polar surface area (TPSA) is 18.5 Å². The van der Waals surface area contributed by atoms with Crippen LogP contribution in [0.25, 0.3) is 0 Å². The minimum Gasteiger partial charge on any atom is -0.350 e. The molecule has 0 aliphatic rings. The maximum Gasteiger partial charge on any atom is 0.165 e. The highest BCUT2D eigenvalue weighted by molar-refractivity contribution is 5.03. The first-order valence-electron chi connectivity index (χ1n) is 12.9. The van der Waals surface area contributed by atoms with Crippen LogP contribution < -0.4 is 0 Å². The molecule has 0 amide bonds. The largest absolute Gasteiger partial charge is 0.350 e. The number of rotatable bonds is 20. The van der Waals surface area contributed by atoms with E-state index in [2.05, 4.69) is 60.6 Å². The molecule has 0 aromatic carbocycles. The van der Waals surface area contributed by atoms with Crippen molar-refractivity contribution in [3.8, 4) is 0 Å². The highest BCUT2D eigenvalue weighted by atomic mass is 16.7. The fourth-order valence-corrected chi connectivity index (χ4v) is 3.59. The molecule has 0 saturated carbocycles. The highest BCUT2D eigenvalue weighted by Crippen LogP contribution is 2.23. The molecule has 0 unspecified atom stereocenters. The summed E-state index contributed by atoms with van der Waals surface area (Å²) in [5, 5.41) is 0. The zero-order valence-corrected chi connectivity index (χ0v) is 21.7. The van der Waals surface area contributed by atoms with Crippen LogP contribution in [0.3, 0.4) is 0 Å². The second-order valence-electron chi connectivity index (χ2n) is 9.71. The molecule has 0 fully saturated rings. The summed E-state index contributed by atoms with van der Waals surface area (Å²) < 4.78 is 12.4. The Morgan fingerprint density at radius 2 is 1.30 bits per heavy atom. The zero-order valence-electron chi connectivity index (χ0n) is 21.7. The molecule has 0 spiro atoms. The van der Waals surface area contributed by atoms with E-state index < -0.39 is 5.79 Å². The average Bonchev–Trinajstić information content (AvgIpc) is 2.68. The van der Waals surface area contributed by atoms with Crippen molar-refractivity contribution < 1.29 is 9.47 Å². The van der Waals surface area contributed by atoms with Crippen LogP contribution in [0.2, 0.25) is 0 Å². The Balaban J connectivity index is 4.35. The summed E-state index contributed by atoms with van der Waals surface area (Å²) in [7, 11) is 0. The lowest BCUT2D eigenvalue weighted by Gasteiger charge is -2.30. The van der Waals surface area contributed by atoms with Crippen molar-refractivity contribution in [3.63, 3.8) is 0 Å². The summed E-state index contributed by atoms with van der Waals surface area (Å²) in [5.74, 6) is 0.380. The summed E-state index contributed by atoms with van der Waals surface area (Å²) in [6.45, 7) is 17.4. The molecule has 0 atom stereocenters. The minimum absolute atomic E-state index is 0.439. The summed E-state index contributed by atoms with van der Waals surface area (Å²) in [5.41, 5.74) is 3.04. The Labute approximate surface area is 189 Å². The number of hydrogen-bond donors (Lipinski definition) is 0. The lowest BCUT2D eigenvalue weighted by molar-refractivity contribution is -0.229. The molecule has 0 bridgehead atoms. The first kappa shape index (κ1) is 29.4. The van der Waals surface area contributed by atoms with Crippen LogP contribution in [0, 0.1) is 5.92 Å². The molecule has 30 heavy (non-hydrogen) atoms. The molecule has 0 heterocycles. The van der Waals surface area contributed by atoms with Gasteiger partial charge in [0.1, 0.15) is 0 Å². The SMILES string of the molecule is CCCCCOC(C)(CC/C=C(\C)CC/C=C(\C)CCCC(C)C)OCCCCC. The maximum atomic E-state index is 6.20. The fraction of sp³-hybridized carbons (Fsp3) is 0.857. The van der Waals surface area contributed by atoms with Gasteiger partial charge in [0.15, 0.2) is 5.79 Å². The fourth-order valence-electron chi connectivity index (χ4n) is 3.59. The third-order valence-corrected chi connectivity index (χ3v) is 5.79. The molecular weight excluding hydrogens is 368 g/mol. The van der Waals surface area contributed by atoms with E-state index in [0.717, 1.165) is 57.7 Å². The van der Waals surface area contributed by atoms with Crippen LogP contribution in [0.4, 0.5) is 0 Å². The third kappa shape index (κ3) is 18.2. The lowest BCUT2D eigenvalue weighted by Crippen LogP contribution is -2.33. The van der Waals surface area contributed by atoms with Crippen LogP contribution in [0.5, 0.6) is 0 Å². The molecule has 0 radical (unpaired) electrons. The molecule has 178 valence electrons. The van der Waals surface area contributed by atoms with Gasteiger partial charge in [-0.2, -0.15) is 0 Å². The Bertz CT molecular complexity index is 436. The predicted octanol–water partition coefficient (Wildman–Crippen LogP) is 9.40. The second kappa shape index (κ2) is 19.1. The average molecular weight is 423 g/mol. The molecule has 2 heteroatoms. The Morgan fingerprint density at radius 3 is 1.83 bits per heavy atom. The van der Waals surface area contributed by atoms with Gasteiger partial charge >= 0.3 is 0 Å². The third-order valence-electron chi connectivity index (χ3n) is 5.79. The van der Waals surface area contributed by atoms with E-state index in [9.17, 15) is 0 Å². The molecule has 0 aliphatic heterocycles. The Kier molecular flexibility index (Phi) is 18.7. The van der Waals surface area contributed by atoms with Crippen molar-refractivity contribution in [2.75, 3.05) is 13.2 Å². The van der Waals surface area contributed by atoms with E-state index in [1.54, 1.807) is 5.57 Å². The molecule has 0 saturated heterocycles. The molecule has 0 aromatic rings. The molecule has 0 N–H and O–H groups in total. The quantitative estimate of drug-likeness (QED) is 0.110. The highest BCUT2D eigenvalue weighted by Gasteiger charge is 2.24. The van der Waals surface area contributed by atoms with Gasteiger partial charge in [0.25, 0.3) is 0 Å². The van der Waals surface area contributed by atoms with Crippen molar-refractivity contribution in [1.29, 1.82) is 0 Å². The van der Waals surface area contributed by atoms with Gasteiger partial charge in [-0.15, -0.1) is 0 Å². The molecule has 0 aliphatic carbocycles. The number of unbranched alkanes of at least 4 members (excludes halogenated alkanes) is 4. The van der Waals surface area contributed by atoms with Gasteiger partial charge in [0.2, 0.25) is 0 Å². The van der Waals surface area contributed by atoms with E-state index in [1.165, 1.54) is 50.5 Å². The van der Waals surface area contributed by atoms with Crippen molar-refractivity contribution in [3.05, 3.63) is 23.3 Å². The van der Waals surface area contributed by atoms with Gasteiger partial charge in [-0.1, -0.05) is 83.1 Å². The van der Waals surface area contributed by atoms with Crippen LogP contribution in [0.1, 0.15) is 132 Å². The summed E-state index contributed by atoms with van der Waals surface area (Å²) >= 11 is 0. The standard InChI is InChI=1S/C28H54O2/c1-8-10-12-23-29-28(7,30-24-13-11-9-2)22-16-21-27(6)20-15-19-26(5)18-14-17-25(3)4/h19,21,25H,8-18,20,22-24H2,1-7H3/b26-19+,27-21+. The first-order chi connectivity index (χ1) is 14.3. The first-order valence-corrected chi connectivity index (χ1v) is 12.9. The molecule has 0 aromatic heterocycles. The molecular formula is C28H54O2. The normalized spacial score (nSPS) is 13.5. The van der Waals surface area contributed by atoms with E-state index >= 15 is 0 Å². The number of hydrogen-bond acceptors (Lipinski definition) is 2. The minimum atomic E-state index is -0.439. The zero-order chi connectivity index (χ0) is 22.7. The second-order valence-corrected chi connectivity index (χ2v) is 9.71. The lowest BCUT2D eigenvalue weighted by atomic mass is 10.0. The van der Waals surface area contributed by atoms with Crippen LogP contribution in [-0.2, 0) is 9.47 Å². The van der Waals surface area contributed by atoms with Crippen molar-refractivity contribution >= 4 is 0 Å². The van der Waals surface area contributed by atoms with Crippen LogP contribution in [-0.4, -0.2) is 19.0 Å². The van der Waals surface area contributed by atoms with Gasteiger partial charge < -0.3 is 9.47 Å². The Hall–Kier alpha value is -0.600. The number of ether oxygens (including phenoxy) is 2. The summed E-state index contributed by atoms with van der Waals surface area (Å²) in [6, 6.07) is 0. The van der Waals surface area contributed by atoms with E-state index in [1.807, 2.05) is 0 Å². The summed E-state index contributed by atoms with van der Waals surface area (Å²) in [6.07, 6.45) is 20.2. The number of allylic oxidation sites excluding steroid dienone is 4. The van der Waals surface area contributed by atoms with Gasteiger partial charge in [0.05, 0.1) is 13.2 Å². The van der Waals surface area contributed by atoms with Crippen LogP contribution in [0.15, 0.2) is 23.3 Å². The molecule has 2 nitrogen and oxygen atoms in total. The van der Waals surface area contributed by atoms with Crippen molar-refractivity contribution in [1.82, 2.24) is 0 Å². The Morgan fingerprint density at radius 1 is 0.767 bits per heavy atom. The molecule has 0 rings (SSSR count). The van der Waals surface area contributed by atoms with Gasteiger partial charge in [-0.25, -0.2) is 0 Å². The predicted molar refractivity (Wildman–Crippen MR) is 134 cm³/mol. The van der Waals surface area contributed by atoms with Gasteiger partial charge in [0, 0.05) is 6.42 Å². The monoisotopic (exact) mass is 422 g/mol. The smallest absolute Gasteiger partial charge is 0.165 e. The van der Waals surface area contributed by atoms with Crippen molar-refractivity contribution in [2.45, 2.75) is 138 Å². The maximum absolute atomic E-state index is 6.20. The van der Waals surface area contributed by atoms with E-state index in [0.29, 0.717) is 0 Å². The summed E-state index contributed by atoms with van der Waals surface area (Å²) in [4.78, 5) is 0. The van der Waals surface area contributed by atoms with Gasteiger partial charge in [-0.3, -0.25) is 0 Å².